The minimum absolute atomic E-state index is 0.284. The molecule has 0 spiro atoms. The SMILES string of the molecule is OC(Cc1ccc(F)cc1)c1ncn[nH]1. The van der Waals surface area contributed by atoms with Crippen molar-refractivity contribution in [2.24, 2.45) is 0 Å². The molecule has 0 saturated heterocycles. The van der Waals surface area contributed by atoms with Crippen LogP contribution in [0.1, 0.15) is 17.5 Å². The number of halogens is 1. The van der Waals surface area contributed by atoms with Crippen molar-refractivity contribution >= 4 is 0 Å². The van der Waals surface area contributed by atoms with Gasteiger partial charge in [-0.25, -0.2) is 9.37 Å². The summed E-state index contributed by atoms with van der Waals surface area (Å²) >= 11 is 0. The molecule has 1 heterocycles. The van der Waals surface area contributed by atoms with Crippen molar-refractivity contribution in [1.82, 2.24) is 15.2 Å². The van der Waals surface area contributed by atoms with E-state index in [1.165, 1.54) is 18.5 Å². The van der Waals surface area contributed by atoms with Gasteiger partial charge in [0.15, 0.2) is 5.82 Å². The molecule has 15 heavy (non-hydrogen) atoms. The average molecular weight is 207 g/mol. The fourth-order valence-electron chi connectivity index (χ4n) is 1.32. The minimum Gasteiger partial charge on any atom is -0.385 e. The summed E-state index contributed by atoms with van der Waals surface area (Å²) in [5, 5.41) is 15.9. The number of H-pyrrole nitrogens is 1. The number of aliphatic hydroxyl groups excluding tert-OH is 1. The maximum atomic E-state index is 12.6. The lowest BCUT2D eigenvalue weighted by Gasteiger charge is -2.06. The molecule has 2 N–H and O–H groups in total. The zero-order valence-corrected chi connectivity index (χ0v) is 7.89. The highest BCUT2D eigenvalue weighted by Crippen LogP contribution is 2.14. The Morgan fingerprint density at radius 2 is 2.07 bits per heavy atom. The molecular weight excluding hydrogens is 197 g/mol. The fraction of sp³-hybridized carbons (Fsp3) is 0.200. The van der Waals surface area contributed by atoms with Crippen LogP contribution >= 0.6 is 0 Å². The van der Waals surface area contributed by atoms with Crippen LogP contribution in [0.5, 0.6) is 0 Å². The first-order chi connectivity index (χ1) is 7.25. The van der Waals surface area contributed by atoms with Gasteiger partial charge in [0, 0.05) is 6.42 Å². The zero-order chi connectivity index (χ0) is 10.7. The Kier molecular flexibility index (Phi) is 2.73. The maximum Gasteiger partial charge on any atom is 0.153 e. The Hall–Kier alpha value is -1.75. The average Bonchev–Trinajstić information content (AvgIpc) is 2.74. The summed E-state index contributed by atoms with van der Waals surface area (Å²) in [6, 6.07) is 5.99. The number of nitrogens with zero attached hydrogens (tertiary/aromatic N) is 2. The van der Waals surface area contributed by atoms with E-state index >= 15 is 0 Å². The Labute approximate surface area is 85.8 Å². The molecule has 2 rings (SSSR count). The normalized spacial score (nSPS) is 12.7. The topological polar surface area (TPSA) is 61.8 Å². The number of hydrogen-bond donors (Lipinski definition) is 2. The van der Waals surface area contributed by atoms with Gasteiger partial charge in [-0.3, -0.25) is 5.10 Å². The van der Waals surface area contributed by atoms with Crippen LogP contribution in [0.4, 0.5) is 4.39 Å². The highest BCUT2D eigenvalue weighted by molar-refractivity contribution is 5.17. The highest BCUT2D eigenvalue weighted by Gasteiger charge is 2.10. The molecule has 1 atom stereocenters. The van der Waals surface area contributed by atoms with Crippen LogP contribution in [0.3, 0.4) is 0 Å². The first-order valence-corrected chi connectivity index (χ1v) is 4.53. The van der Waals surface area contributed by atoms with Crippen molar-refractivity contribution < 1.29 is 9.50 Å². The van der Waals surface area contributed by atoms with E-state index in [1.807, 2.05) is 0 Å². The van der Waals surface area contributed by atoms with Gasteiger partial charge < -0.3 is 5.11 Å². The molecule has 0 aliphatic rings. The van der Waals surface area contributed by atoms with Crippen LogP contribution in [0, 0.1) is 5.82 Å². The standard InChI is InChI=1S/C10H10FN3O/c11-8-3-1-7(2-4-8)5-9(15)10-12-6-13-14-10/h1-4,6,9,15H,5H2,(H,12,13,14). The molecule has 0 amide bonds. The number of rotatable bonds is 3. The summed E-state index contributed by atoms with van der Waals surface area (Å²) in [4.78, 5) is 3.84. The van der Waals surface area contributed by atoms with Gasteiger partial charge in [-0.15, -0.1) is 0 Å². The van der Waals surface area contributed by atoms with Gasteiger partial charge >= 0.3 is 0 Å². The van der Waals surface area contributed by atoms with Crippen LogP contribution < -0.4 is 0 Å². The van der Waals surface area contributed by atoms with E-state index in [1.54, 1.807) is 12.1 Å². The van der Waals surface area contributed by atoms with Gasteiger partial charge in [0.05, 0.1) is 0 Å². The third-order valence-electron chi connectivity index (χ3n) is 2.09. The number of nitrogens with one attached hydrogen (secondary N) is 1. The molecule has 0 radical (unpaired) electrons. The Morgan fingerprint density at radius 3 is 2.67 bits per heavy atom. The number of aromatic amines is 1. The molecule has 0 aliphatic heterocycles. The van der Waals surface area contributed by atoms with Crippen molar-refractivity contribution in [2.75, 3.05) is 0 Å². The molecule has 1 aromatic heterocycles. The molecule has 0 bridgehead atoms. The number of benzene rings is 1. The molecule has 0 saturated carbocycles. The third kappa shape index (κ3) is 2.38. The summed E-state index contributed by atoms with van der Waals surface area (Å²) in [6.07, 6.45) is 0.983. The summed E-state index contributed by atoms with van der Waals surface area (Å²) in [5.41, 5.74) is 0.848. The lowest BCUT2D eigenvalue weighted by Crippen LogP contribution is -2.03. The number of aromatic nitrogens is 3. The summed E-state index contributed by atoms with van der Waals surface area (Å²) < 4.78 is 12.6. The van der Waals surface area contributed by atoms with Crippen molar-refractivity contribution in [3.8, 4) is 0 Å². The summed E-state index contributed by atoms with van der Waals surface area (Å²) in [6.45, 7) is 0. The van der Waals surface area contributed by atoms with Crippen LogP contribution in [0.15, 0.2) is 30.6 Å². The van der Waals surface area contributed by atoms with Gasteiger partial charge in [0.2, 0.25) is 0 Å². The summed E-state index contributed by atoms with van der Waals surface area (Å²) in [5.74, 6) is 0.132. The van der Waals surface area contributed by atoms with Crippen LogP contribution in [0.25, 0.3) is 0 Å². The monoisotopic (exact) mass is 207 g/mol. The van der Waals surface area contributed by atoms with Gasteiger partial charge in [-0.05, 0) is 17.7 Å². The predicted octanol–water partition coefficient (Wildman–Crippen LogP) is 1.22. The summed E-state index contributed by atoms with van der Waals surface area (Å²) in [7, 11) is 0. The van der Waals surface area contributed by atoms with Crippen LogP contribution in [-0.4, -0.2) is 20.3 Å². The van der Waals surface area contributed by atoms with E-state index in [0.717, 1.165) is 5.56 Å². The highest BCUT2D eigenvalue weighted by atomic mass is 19.1. The van der Waals surface area contributed by atoms with Crippen molar-refractivity contribution in [1.29, 1.82) is 0 Å². The smallest absolute Gasteiger partial charge is 0.153 e. The van der Waals surface area contributed by atoms with E-state index in [-0.39, 0.29) is 5.82 Å². The second-order valence-corrected chi connectivity index (χ2v) is 3.22. The third-order valence-corrected chi connectivity index (χ3v) is 2.09. The van der Waals surface area contributed by atoms with Gasteiger partial charge in [-0.2, -0.15) is 5.10 Å². The molecular formula is C10H10FN3O. The first-order valence-electron chi connectivity index (χ1n) is 4.53. The van der Waals surface area contributed by atoms with Crippen molar-refractivity contribution in [2.45, 2.75) is 12.5 Å². The quantitative estimate of drug-likeness (QED) is 0.795. The predicted molar refractivity (Wildman–Crippen MR) is 51.4 cm³/mol. The number of hydrogen-bond acceptors (Lipinski definition) is 3. The van der Waals surface area contributed by atoms with E-state index in [0.29, 0.717) is 12.2 Å². The molecule has 1 aromatic carbocycles. The molecule has 0 aliphatic carbocycles. The van der Waals surface area contributed by atoms with Gasteiger partial charge in [-0.1, -0.05) is 12.1 Å². The second kappa shape index (κ2) is 4.18. The molecule has 2 aromatic rings. The lowest BCUT2D eigenvalue weighted by atomic mass is 10.1. The maximum absolute atomic E-state index is 12.6. The van der Waals surface area contributed by atoms with E-state index in [9.17, 15) is 9.50 Å². The van der Waals surface area contributed by atoms with E-state index < -0.39 is 6.10 Å². The first kappa shape index (κ1) is 9.79. The molecule has 1 unspecified atom stereocenters. The Balaban J connectivity index is 2.06. The Morgan fingerprint density at radius 1 is 1.33 bits per heavy atom. The fourth-order valence-corrected chi connectivity index (χ4v) is 1.32. The van der Waals surface area contributed by atoms with Crippen molar-refractivity contribution in [3.05, 3.63) is 47.8 Å². The van der Waals surface area contributed by atoms with Crippen LogP contribution in [-0.2, 0) is 6.42 Å². The largest absolute Gasteiger partial charge is 0.385 e. The zero-order valence-electron chi connectivity index (χ0n) is 7.89. The van der Waals surface area contributed by atoms with Gasteiger partial charge in [0.1, 0.15) is 18.2 Å². The number of aliphatic hydroxyl groups is 1. The van der Waals surface area contributed by atoms with Crippen molar-refractivity contribution in [3.63, 3.8) is 0 Å². The molecule has 4 nitrogen and oxygen atoms in total. The molecule has 0 fully saturated rings. The van der Waals surface area contributed by atoms with E-state index in [2.05, 4.69) is 15.2 Å². The van der Waals surface area contributed by atoms with E-state index in [4.69, 9.17) is 0 Å². The minimum atomic E-state index is -0.738. The van der Waals surface area contributed by atoms with Gasteiger partial charge in [0.25, 0.3) is 0 Å². The second-order valence-electron chi connectivity index (χ2n) is 3.22. The Bertz CT molecular complexity index is 413. The molecule has 5 heteroatoms. The lowest BCUT2D eigenvalue weighted by molar-refractivity contribution is 0.169. The van der Waals surface area contributed by atoms with Crippen LogP contribution in [0.2, 0.25) is 0 Å². The molecule has 78 valence electrons.